The Bertz CT molecular complexity index is 1690. The molecule has 1 amide bonds. The first-order valence-electron chi connectivity index (χ1n) is 33.7. The van der Waals surface area contributed by atoms with Crippen molar-refractivity contribution in [2.45, 2.75) is 349 Å². The summed E-state index contributed by atoms with van der Waals surface area (Å²) in [6.45, 7) is 1.69. The first-order chi connectivity index (χ1) is 41.3. The SMILES string of the molecule is CCCC/C=C\C/C=C\CCCCCCCC(=O)NC(COC1OC(CO)C(OC2OC(CO)C(OC3OC(CO)C(O)C(O)C3O)C(O)C2O)C(O)C1O)C(O)/C=C/CCCCCCCCCCCCCCCCCCCCCCCCCC. The second-order valence-corrected chi connectivity index (χ2v) is 24.3. The van der Waals surface area contributed by atoms with Gasteiger partial charge in [-0.2, -0.15) is 0 Å². The van der Waals surface area contributed by atoms with Crippen LogP contribution in [-0.2, 0) is 33.2 Å². The molecule has 3 rings (SSSR count). The van der Waals surface area contributed by atoms with Gasteiger partial charge in [-0.15, -0.1) is 0 Å². The third-order valence-corrected chi connectivity index (χ3v) is 16.9. The van der Waals surface area contributed by atoms with Gasteiger partial charge < -0.3 is 89.9 Å². The van der Waals surface area contributed by atoms with Crippen LogP contribution >= 0.6 is 0 Å². The highest BCUT2D eigenvalue weighted by atomic mass is 16.8. The number of aliphatic hydroxyl groups excluding tert-OH is 11. The number of unbranched alkanes of at least 4 members (excludes halogenated alkanes) is 31. The number of amides is 1. The maximum Gasteiger partial charge on any atom is 0.220 e. The van der Waals surface area contributed by atoms with Gasteiger partial charge in [0, 0.05) is 6.42 Å². The van der Waals surface area contributed by atoms with Crippen molar-refractivity contribution in [1.82, 2.24) is 5.32 Å². The largest absolute Gasteiger partial charge is 0.394 e. The summed E-state index contributed by atoms with van der Waals surface area (Å²) >= 11 is 0. The maximum absolute atomic E-state index is 13.3. The van der Waals surface area contributed by atoms with Gasteiger partial charge in [0.15, 0.2) is 18.9 Å². The minimum Gasteiger partial charge on any atom is -0.394 e. The Hall–Kier alpha value is -1.99. The summed E-state index contributed by atoms with van der Waals surface area (Å²) in [4.78, 5) is 13.3. The Morgan fingerprint density at radius 2 is 0.788 bits per heavy atom. The molecule has 17 atom stereocenters. The lowest BCUT2D eigenvalue weighted by atomic mass is 9.96. The Balaban J connectivity index is 1.44. The molecular weight excluding hydrogens is 1090 g/mol. The fourth-order valence-electron chi connectivity index (χ4n) is 11.4. The molecule has 3 fully saturated rings. The molecule has 17 unspecified atom stereocenters. The molecule has 12 N–H and O–H groups in total. The third kappa shape index (κ3) is 31.5. The number of hydrogen-bond acceptors (Lipinski definition) is 18. The lowest BCUT2D eigenvalue weighted by Crippen LogP contribution is -2.66. The predicted octanol–water partition coefficient (Wildman–Crippen LogP) is 8.05. The Morgan fingerprint density at radius 1 is 0.424 bits per heavy atom. The van der Waals surface area contributed by atoms with Crippen molar-refractivity contribution >= 4 is 5.91 Å². The van der Waals surface area contributed by atoms with Gasteiger partial charge in [0.1, 0.15) is 73.2 Å². The van der Waals surface area contributed by atoms with Crippen LogP contribution in [0.1, 0.15) is 245 Å². The molecule has 0 saturated carbocycles. The topological polar surface area (TPSA) is 307 Å². The van der Waals surface area contributed by atoms with Gasteiger partial charge in [0.25, 0.3) is 0 Å². The zero-order chi connectivity index (χ0) is 61.9. The van der Waals surface area contributed by atoms with E-state index in [-0.39, 0.29) is 18.9 Å². The van der Waals surface area contributed by atoms with Crippen molar-refractivity contribution in [3.05, 3.63) is 36.5 Å². The number of carbonyl (C=O) groups excluding carboxylic acids is 1. The molecule has 498 valence electrons. The van der Waals surface area contributed by atoms with Crippen LogP contribution < -0.4 is 5.32 Å². The lowest BCUT2D eigenvalue weighted by molar-refractivity contribution is -0.379. The summed E-state index contributed by atoms with van der Waals surface area (Å²) in [6.07, 6.45) is 28.4. The van der Waals surface area contributed by atoms with Crippen LogP contribution in [0.15, 0.2) is 36.5 Å². The average molecular weight is 1220 g/mol. The molecule has 0 aromatic carbocycles. The summed E-state index contributed by atoms with van der Waals surface area (Å²) in [6, 6.07) is -0.980. The summed E-state index contributed by atoms with van der Waals surface area (Å²) in [5.41, 5.74) is 0. The monoisotopic (exact) mass is 1220 g/mol. The number of allylic oxidation sites excluding steroid dienone is 5. The molecule has 0 spiro atoms. The van der Waals surface area contributed by atoms with Crippen molar-refractivity contribution in [2.75, 3.05) is 26.4 Å². The van der Waals surface area contributed by atoms with E-state index in [1.807, 2.05) is 6.08 Å². The first kappa shape index (κ1) is 77.3. The van der Waals surface area contributed by atoms with Crippen LogP contribution in [0.25, 0.3) is 0 Å². The van der Waals surface area contributed by atoms with Gasteiger partial charge in [-0.3, -0.25) is 4.79 Å². The summed E-state index contributed by atoms with van der Waals surface area (Å²) in [7, 11) is 0. The van der Waals surface area contributed by atoms with Crippen molar-refractivity contribution < 1.29 is 89.4 Å². The molecule has 19 nitrogen and oxygen atoms in total. The van der Waals surface area contributed by atoms with E-state index >= 15 is 0 Å². The van der Waals surface area contributed by atoms with Crippen LogP contribution in [-0.4, -0.2) is 193 Å². The molecule has 85 heavy (non-hydrogen) atoms. The Kier molecular flexibility index (Phi) is 44.4. The van der Waals surface area contributed by atoms with E-state index in [4.69, 9.17) is 28.4 Å². The number of aliphatic hydroxyl groups is 11. The minimum absolute atomic E-state index is 0.227. The van der Waals surface area contributed by atoms with Crippen LogP contribution in [0.3, 0.4) is 0 Å². The highest BCUT2D eigenvalue weighted by Crippen LogP contribution is 2.33. The first-order valence-corrected chi connectivity index (χ1v) is 33.7. The third-order valence-electron chi connectivity index (χ3n) is 16.9. The van der Waals surface area contributed by atoms with Crippen molar-refractivity contribution in [3.8, 4) is 0 Å². The van der Waals surface area contributed by atoms with Crippen LogP contribution in [0.2, 0.25) is 0 Å². The van der Waals surface area contributed by atoms with E-state index in [0.717, 1.165) is 70.6 Å². The highest BCUT2D eigenvalue weighted by molar-refractivity contribution is 5.76. The second-order valence-electron chi connectivity index (χ2n) is 24.3. The van der Waals surface area contributed by atoms with E-state index in [0.29, 0.717) is 6.42 Å². The minimum atomic E-state index is -1.98. The van der Waals surface area contributed by atoms with E-state index in [1.165, 1.54) is 148 Å². The highest BCUT2D eigenvalue weighted by Gasteiger charge is 2.53. The molecule has 0 aliphatic carbocycles. The van der Waals surface area contributed by atoms with Crippen LogP contribution in [0, 0.1) is 0 Å². The van der Waals surface area contributed by atoms with E-state index < -0.39 is 124 Å². The maximum atomic E-state index is 13.3. The van der Waals surface area contributed by atoms with Gasteiger partial charge in [0.2, 0.25) is 5.91 Å². The van der Waals surface area contributed by atoms with Gasteiger partial charge in [-0.05, 0) is 44.9 Å². The average Bonchev–Trinajstić information content (AvgIpc) is 3.58. The normalized spacial score (nSPS) is 29.2. The molecule has 0 bridgehead atoms. The fourth-order valence-corrected chi connectivity index (χ4v) is 11.4. The van der Waals surface area contributed by atoms with Gasteiger partial charge in [0.05, 0.1) is 38.6 Å². The zero-order valence-electron chi connectivity index (χ0n) is 52.3. The summed E-state index contributed by atoms with van der Waals surface area (Å²) < 4.78 is 34.3. The quantitative estimate of drug-likeness (QED) is 0.0202. The number of nitrogens with one attached hydrogen (secondary N) is 1. The molecule has 3 saturated heterocycles. The molecular formula is C66H121NO18. The Labute approximate surface area is 511 Å². The molecule has 0 radical (unpaired) electrons. The molecule has 0 aromatic heterocycles. The van der Waals surface area contributed by atoms with Crippen molar-refractivity contribution in [1.29, 1.82) is 0 Å². The molecule has 3 aliphatic rings. The second kappa shape index (κ2) is 48.8. The van der Waals surface area contributed by atoms with E-state index in [1.54, 1.807) is 6.08 Å². The number of hydrogen-bond donors (Lipinski definition) is 12. The van der Waals surface area contributed by atoms with Crippen LogP contribution in [0.5, 0.6) is 0 Å². The molecule has 3 aliphatic heterocycles. The number of carbonyl (C=O) groups is 1. The van der Waals surface area contributed by atoms with Crippen LogP contribution in [0.4, 0.5) is 0 Å². The van der Waals surface area contributed by atoms with Gasteiger partial charge in [-0.1, -0.05) is 230 Å². The number of ether oxygens (including phenoxy) is 6. The van der Waals surface area contributed by atoms with Crippen molar-refractivity contribution in [3.63, 3.8) is 0 Å². The smallest absolute Gasteiger partial charge is 0.220 e. The standard InChI is InChI=1S/C66H121NO18/c1-3-5-7-9-11-13-15-17-19-20-21-22-23-24-25-26-27-28-29-30-31-33-35-37-39-41-43-50(71)49(67-54(72)44-42-40-38-36-34-32-18-16-14-12-10-8-6-4-2)48-80-64-60(78)57(75)62(52(46-69)82-64)85-66-61(79)58(76)63(53(47-70)83-66)84-65-59(77)56(74)55(73)51(45-68)81-65/h10,12,16,18,41,43,49-53,55-66,68-71,73-79H,3-9,11,13-15,17,19-40,42,44-48H2,1-2H3,(H,67,72)/b12-10-,18-16-,43-41+. The summed E-state index contributed by atoms with van der Waals surface area (Å²) in [5.74, 6) is -0.289. The summed E-state index contributed by atoms with van der Waals surface area (Å²) in [5, 5.41) is 120. The zero-order valence-corrected chi connectivity index (χ0v) is 52.3. The van der Waals surface area contributed by atoms with E-state index in [2.05, 4.69) is 43.5 Å². The Morgan fingerprint density at radius 3 is 1.24 bits per heavy atom. The molecule has 0 aromatic rings. The number of rotatable bonds is 51. The van der Waals surface area contributed by atoms with Gasteiger partial charge in [-0.25, -0.2) is 0 Å². The van der Waals surface area contributed by atoms with Crippen molar-refractivity contribution in [2.24, 2.45) is 0 Å². The molecule has 3 heterocycles. The van der Waals surface area contributed by atoms with E-state index in [9.17, 15) is 61.0 Å². The fraction of sp³-hybridized carbons (Fsp3) is 0.894. The van der Waals surface area contributed by atoms with Gasteiger partial charge >= 0.3 is 0 Å². The molecule has 19 heteroatoms. The predicted molar refractivity (Wildman–Crippen MR) is 328 cm³/mol. The lowest BCUT2D eigenvalue weighted by Gasteiger charge is -2.48.